The third-order valence-electron chi connectivity index (χ3n) is 2.01. The quantitative estimate of drug-likeness (QED) is 0.725. The third kappa shape index (κ3) is 3.32. The van der Waals surface area contributed by atoms with Gasteiger partial charge in [0.2, 0.25) is 0 Å². The van der Waals surface area contributed by atoms with E-state index in [4.69, 9.17) is 10.5 Å². The van der Waals surface area contributed by atoms with Gasteiger partial charge in [-0.15, -0.1) is 0 Å². The summed E-state index contributed by atoms with van der Waals surface area (Å²) in [6, 6.07) is 10.1. The molecule has 0 heterocycles. The van der Waals surface area contributed by atoms with Crippen LogP contribution in [-0.4, -0.2) is 13.2 Å². The van der Waals surface area contributed by atoms with Gasteiger partial charge in [0.25, 0.3) is 0 Å². The summed E-state index contributed by atoms with van der Waals surface area (Å²) in [5.74, 6) is 0. The maximum atomic E-state index is 5.64. The fourth-order valence-corrected chi connectivity index (χ4v) is 1.24. The first kappa shape index (κ1) is 11.0. The smallest absolute Gasteiger partial charge is 0.0951 e. The van der Waals surface area contributed by atoms with Crippen LogP contribution in [0.5, 0.6) is 0 Å². The van der Waals surface area contributed by atoms with Crippen LogP contribution in [0.15, 0.2) is 42.5 Å². The molecule has 0 saturated heterocycles. The molecule has 76 valence electrons. The monoisotopic (exact) mass is 191 g/mol. The second-order valence-corrected chi connectivity index (χ2v) is 3.04. The van der Waals surface area contributed by atoms with E-state index in [-0.39, 0.29) is 6.10 Å². The van der Waals surface area contributed by atoms with Gasteiger partial charge in [0.15, 0.2) is 0 Å². The standard InChI is InChI=1S/C12H17NO/c1-2-3-9-14-12(10-13)11-7-5-4-6-8-11/h2-8,12H,9-10,13H2,1H3. The molecular formula is C12H17NO. The van der Waals surface area contributed by atoms with Crippen molar-refractivity contribution in [1.29, 1.82) is 0 Å². The Morgan fingerprint density at radius 1 is 1.36 bits per heavy atom. The lowest BCUT2D eigenvalue weighted by molar-refractivity contribution is 0.0806. The van der Waals surface area contributed by atoms with Gasteiger partial charge in [-0.05, 0) is 12.5 Å². The van der Waals surface area contributed by atoms with E-state index in [0.717, 1.165) is 5.56 Å². The molecule has 1 unspecified atom stereocenters. The molecule has 2 heteroatoms. The van der Waals surface area contributed by atoms with Gasteiger partial charge in [0, 0.05) is 6.54 Å². The normalized spacial score (nSPS) is 13.3. The van der Waals surface area contributed by atoms with E-state index in [0.29, 0.717) is 13.2 Å². The molecule has 0 aliphatic heterocycles. The Morgan fingerprint density at radius 2 is 2.07 bits per heavy atom. The van der Waals surface area contributed by atoms with E-state index >= 15 is 0 Å². The second kappa shape index (κ2) is 6.35. The second-order valence-electron chi connectivity index (χ2n) is 3.04. The topological polar surface area (TPSA) is 35.2 Å². The number of hydrogen-bond donors (Lipinski definition) is 1. The average molecular weight is 191 g/mol. The molecule has 0 aliphatic carbocycles. The maximum Gasteiger partial charge on any atom is 0.0951 e. The van der Waals surface area contributed by atoms with Crippen LogP contribution in [0, 0.1) is 0 Å². The molecule has 0 aromatic heterocycles. The molecule has 0 aliphatic rings. The molecule has 0 amide bonds. The van der Waals surface area contributed by atoms with Gasteiger partial charge in [0.1, 0.15) is 0 Å². The lowest BCUT2D eigenvalue weighted by atomic mass is 10.1. The number of benzene rings is 1. The van der Waals surface area contributed by atoms with Crippen molar-refractivity contribution in [2.45, 2.75) is 13.0 Å². The van der Waals surface area contributed by atoms with Crippen molar-refractivity contribution in [2.24, 2.45) is 5.73 Å². The summed E-state index contributed by atoms with van der Waals surface area (Å²) in [5, 5.41) is 0. The Kier molecular flexibility index (Phi) is 4.97. The predicted octanol–water partition coefficient (Wildman–Crippen LogP) is 2.28. The molecule has 1 rings (SSSR count). The van der Waals surface area contributed by atoms with Crippen LogP contribution in [0.25, 0.3) is 0 Å². The highest BCUT2D eigenvalue weighted by molar-refractivity contribution is 5.17. The van der Waals surface area contributed by atoms with E-state index in [1.807, 2.05) is 49.4 Å². The molecule has 2 nitrogen and oxygen atoms in total. The Balaban J connectivity index is 2.54. The lowest BCUT2D eigenvalue weighted by Gasteiger charge is -2.14. The Labute approximate surface area is 85.4 Å². The average Bonchev–Trinajstić information content (AvgIpc) is 2.26. The largest absolute Gasteiger partial charge is 0.368 e. The molecule has 0 bridgehead atoms. The molecule has 0 fully saturated rings. The molecule has 1 aromatic carbocycles. The van der Waals surface area contributed by atoms with Crippen LogP contribution in [0.3, 0.4) is 0 Å². The Hall–Kier alpha value is -1.12. The highest BCUT2D eigenvalue weighted by Crippen LogP contribution is 2.15. The van der Waals surface area contributed by atoms with Gasteiger partial charge in [-0.25, -0.2) is 0 Å². The first-order chi connectivity index (χ1) is 6.88. The van der Waals surface area contributed by atoms with Crippen molar-refractivity contribution in [3.05, 3.63) is 48.0 Å². The van der Waals surface area contributed by atoms with Crippen molar-refractivity contribution in [3.63, 3.8) is 0 Å². The third-order valence-corrected chi connectivity index (χ3v) is 2.01. The van der Waals surface area contributed by atoms with Gasteiger partial charge < -0.3 is 10.5 Å². The Bertz CT molecular complexity index is 269. The molecular weight excluding hydrogens is 174 g/mol. The number of rotatable bonds is 5. The van der Waals surface area contributed by atoms with Crippen LogP contribution in [-0.2, 0) is 4.74 Å². The van der Waals surface area contributed by atoms with Crippen LogP contribution >= 0.6 is 0 Å². The predicted molar refractivity (Wildman–Crippen MR) is 59.0 cm³/mol. The van der Waals surface area contributed by atoms with Crippen molar-refractivity contribution < 1.29 is 4.74 Å². The van der Waals surface area contributed by atoms with E-state index in [9.17, 15) is 0 Å². The van der Waals surface area contributed by atoms with E-state index in [1.54, 1.807) is 0 Å². The molecule has 14 heavy (non-hydrogen) atoms. The van der Waals surface area contributed by atoms with Gasteiger partial charge in [-0.1, -0.05) is 42.5 Å². The highest BCUT2D eigenvalue weighted by Gasteiger charge is 2.07. The van der Waals surface area contributed by atoms with E-state index in [1.165, 1.54) is 0 Å². The summed E-state index contributed by atoms with van der Waals surface area (Å²) < 4.78 is 5.61. The zero-order valence-corrected chi connectivity index (χ0v) is 8.52. The van der Waals surface area contributed by atoms with Gasteiger partial charge >= 0.3 is 0 Å². The van der Waals surface area contributed by atoms with Crippen LogP contribution < -0.4 is 5.73 Å². The first-order valence-electron chi connectivity index (χ1n) is 4.86. The van der Waals surface area contributed by atoms with Gasteiger partial charge in [0.05, 0.1) is 12.7 Å². The zero-order chi connectivity index (χ0) is 10.2. The lowest BCUT2D eigenvalue weighted by Crippen LogP contribution is -2.15. The van der Waals surface area contributed by atoms with Crippen molar-refractivity contribution in [3.8, 4) is 0 Å². The van der Waals surface area contributed by atoms with Crippen molar-refractivity contribution >= 4 is 0 Å². The zero-order valence-electron chi connectivity index (χ0n) is 8.52. The molecule has 1 atom stereocenters. The minimum absolute atomic E-state index is 0.00685. The summed E-state index contributed by atoms with van der Waals surface area (Å²) in [6.07, 6.45) is 3.96. The number of hydrogen-bond acceptors (Lipinski definition) is 2. The molecule has 2 N–H and O–H groups in total. The van der Waals surface area contributed by atoms with E-state index in [2.05, 4.69) is 0 Å². The molecule has 0 radical (unpaired) electrons. The van der Waals surface area contributed by atoms with Crippen molar-refractivity contribution in [2.75, 3.05) is 13.2 Å². The minimum Gasteiger partial charge on any atom is -0.368 e. The van der Waals surface area contributed by atoms with Gasteiger partial charge in [-0.2, -0.15) is 0 Å². The highest BCUT2D eigenvalue weighted by atomic mass is 16.5. The van der Waals surface area contributed by atoms with Crippen LogP contribution in [0.4, 0.5) is 0 Å². The van der Waals surface area contributed by atoms with E-state index < -0.39 is 0 Å². The minimum atomic E-state index is 0.00685. The van der Waals surface area contributed by atoms with Gasteiger partial charge in [-0.3, -0.25) is 0 Å². The molecule has 0 saturated carbocycles. The Morgan fingerprint density at radius 3 is 2.64 bits per heavy atom. The number of ether oxygens (including phenoxy) is 1. The van der Waals surface area contributed by atoms with Crippen molar-refractivity contribution in [1.82, 2.24) is 0 Å². The summed E-state index contributed by atoms with van der Waals surface area (Å²) in [4.78, 5) is 0. The number of allylic oxidation sites excluding steroid dienone is 1. The number of nitrogens with two attached hydrogens (primary N) is 1. The fourth-order valence-electron chi connectivity index (χ4n) is 1.24. The summed E-state index contributed by atoms with van der Waals surface area (Å²) >= 11 is 0. The SMILES string of the molecule is CC=CCOC(CN)c1ccccc1. The molecule has 0 spiro atoms. The summed E-state index contributed by atoms with van der Waals surface area (Å²) in [5.41, 5.74) is 6.78. The maximum absolute atomic E-state index is 5.64. The van der Waals surface area contributed by atoms with Crippen LogP contribution in [0.1, 0.15) is 18.6 Å². The first-order valence-corrected chi connectivity index (χ1v) is 4.86. The summed E-state index contributed by atoms with van der Waals surface area (Å²) in [7, 11) is 0. The summed E-state index contributed by atoms with van der Waals surface area (Å²) in [6.45, 7) is 3.11. The molecule has 1 aromatic rings. The van der Waals surface area contributed by atoms with Crippen LogP contribution in [0.2, 0.25) is 0 Å². The fraction of sp³-hybridized carbons (Fsp3) is 0.333.